The second kappa shape index (κ2) is 8.43. The van der Waals surface area contributed by atoms with E-state index in [0.717, 1.165) is 18.9 Å². The van der Waals surface area contributed by atoms with E-state index in [1.807, 2.05) is 6.92 Å². The van der Waals surface area contributed by atoms with Crippen molar-refractivity contribution in [1.29, 1.82) is 0 Å². The number of benzene rings is 2. The van der Waals surface area contributed by atoms with Gasteiger partial charge in [-0.1, -0.05) is 26.0 Å². The normalized spacial score (nSPS) is 10.5. The lowest BCUT2D eigenvalue weighted by Crippen LogP contribution is -2.02. The first-order chi connectivity index (χ1) is 11.6. The van der Waals surface area contributed by atoms with Crippen LogP contribution in [0.25, 0.3) is 11.1 Å². The number of ether oxygens (including phenoxy) is 2. The van der Waals surface area contributed by atoms with Gasteiger partial charge in [0.05, 0.1) is 6.61 Å². The Balaban J connectivity index is 2.28. The zero-order valence-electron chi connectivity index (χ0n) is 13.5. The van der Waals surface area contributed by atoms with Crippen LogP contribution in [0, 0.1) is 17.5 Å². The first-order valence-electron chi connectivity index (χ1n) is 7.72. The van der Waals surface area contributed by atoms with Gasteiger partial charge in [0.2, 0.25) is 5.82 Å². The van der Waals surface area contributed by atoms with Crippen LogP contribution in [0.2, 0.25) is 0 Å². The summed E-state index contributed by atoms with van der Waals surface area (Å²) >= 11 is 0. The summed E-state index contributed by atoms with van der Waals surface area (Å²) in [6, 6.07) is 6.59. The summed E-state index contributed by atoms with van der Waals surface area (Å²) in [6.45, 7) is 5.99. The number of rotatable bonds is 8. The van der Waals surface area contributed by atoms with Crippen LogP contribution >= 0.6 is 0 Å². The summed E-state index contributed by atoms with van der Waals surface area (Å²) in [5.74, 6) is -2.83. The average Bonchev–Trinajstić information content (AvgIpc) is 2.58. The van der Waals surface area contributed by atoms with Crippen molar-refractivity contribution in [3.8, 4) is 22.6 Å². The molecule has 0 radical (unpaired) electrons. The van der Waals surface area contributed by atoms with E-state index in [4.69, 9.17) is 9.47 Å². The quantitative estimate of drug-likeness (QED) is 0.467. The van der Waals surface area contributed by atoms with Crippen molar-refractivity contribution in [3.63, 3.8) is 0 Å². The maximum Gasteiger partial charge on any atom is 0.201 e. The molecule has 0 saturated carbocycles. The molecule has 2 nitrogen and oxygen atoms in total. The van der Waals surface area contributed by atoms with Crippen LogP contribution in [0.5, 0.6) is 11.5 Å². The predicted molar refractivity (Wildman–Crippen MR) is 87.8 cm³/mol. The van der Waals surface area contributed by atoms with Crippen LogP contribution in [0.3, 0.4) is 0 Å². The molecule has 0 atom stereocenters. The monoisotopic (exact) mass is 336 g/mol. The molecule has 2 aromatic rings. The van der Waals surface area contributed by atoms with Crippen LogP contribution in [0.1, 0.15) is 19.8 Å². The van der Waals surface area contributed by atoms with Crippen molar-refractivity contribution in [1.82, 2.24) is 0 Å². The van der Waals surface area contributed by atoms with E-state index in [1.54, 1.807) is 0 Å². The SMILES string of the molecule is C=CCOc1ccc(-c2ccc(OCCCC)c(F)c2F)c(F)c1. The molecule has 2 aromatic carbocycles. The number of unbranched alkanes of at least 4 members (excludes halogenated alkanes) is 1. The van der Waals surface area contributed by atoms with Crippen molar-refractivity contribution < 1.29 is 22.6 Å². The van der Waals surface area contributed by atoms with Crippen LogP contribution in [-0.2, 0) is 0 Å². The Labute approximate surface area is 139 Å². The van der Waals surface area contributed by atoms with Crippen molar-refractivity contribution >= 4 is 0 Å². The zero-order chi connectivity index (χ0) is 17.5. The van der Waals surface area contributed by atoms with Crippen LogP contribution in [-0.4, -0.2) is 13.2 Å². The van der Waals surface area contributed by atoms with E-state index in [-0.39, 0.29) is 29.2 Å². The fourth-order valence-corrected chi connectivity index (χ4v) is 2.14. The maximum absolute atomic E-state index is 14.3. The molecule has 0 saturated heterocycles. The van der Waals surface area contributed by atoms with Gasteiger partial charge in [0.25, 0.3) is 0 Å². The van der Waals surface area contributed by atoms with E-state index >= 15 is 0 Å². The Bertz CT molecular complexity index is 714. The second-order valence-corrected chi connectivity index (χ2v) is 5.18. The molecule has 0 fully saturated rings. The predicted octanol–water partition coefficient (Wildman–Crippen LogP) is 5.51. The third-order valence-corrected chi connectivity index (χ3v) is 3.40. The van der Waals surface area contributed by atoms with E-state index in [9.17, 15) is 13.2 Å². The van der Waals surface area contributed by atoms with Crippen LogP contribution < -0.4 is 9.47 Å². The van der Waals surface area contributed by atoms with Gasteiger partial charge in [-0.25, -0.2) is 8.78 Å². The highest BCUT2D eigenvalue weighted by atomic mass is 19.2. The molecular weight excluding hydrogens is 317 g/mol. The number of hydrogen-bond acceptors (Lipinski definition) is 2. The van der Waals surface area contributed by atoms with Crippen molar-refractivity contribution in [2.24, 2.45) is 0 Å². The van der Waals surface area contributed by atoms with Gasteiger partial charge in [-0.3, -0.25) is 0 Å². The summed E-state index contributed by atoms with van der Waals surface area (Å²) in [5, 5.41) is 0. The summed E-state index contributed by atoms with van der Waals surface area (Å²) in [5.41, 5.74) is -0.208. The van der Waals surface area contributed by atoms with Crippen molar-refractivity contribution in [2.75, 3.05) is 13.2 Å². The van der Waals surface area contributed by atoms with Gasteiger partial charge >= 0.3 is 0 Å². The smallest absolute Gasteiger partial charge is 0.201 e. The Hall–Kier alpha value is -2.43. The third kappa shape index (κ3) is 4.10. The van der Waals surface area contributed by atoms with Crippen molar-refractivity contribution in [3.05, 3.63) is 60.4 Å². The number of halogens is 3. The largest absolute Gasteiger partial charge is 0.490 e. The van der Waals surface area contributed by atoms with Gasteiger partial charge in [0.15, 0.2) is 11.6 Å². The molecule has 5 heteroatoms. The molecule has 24 heavy (non-hydrogen) atoms. The molecular formula is C19H19F3O2. The lowest BCUT2D eigenvalue weighted by atomic mass is 10.0. The molecule has 128 valence electrons. The topological polar surface area (TPSA) is 18.5 Å². The van der Waals surface area contributed by atoms with E-state index in [2.05, 4.69) is 6.58 Å². The second-order valence-electron chi connectivity index (χ2n) is 5.18. The molecule has 0 aliphatic carbocycles. The minimum Gasteiger partial charge on any atom is -0.490 e. The minimum absolute atomic E-state index is 0.0440. The van der Waals surface area contributed by atoms with Gasteiger partial charge < -0.3 is 9.47 Å². The molecule has 0 heterocycles. The van der Waals surface area contributed by atoms with E-state index in [1.165, 1.54) is 30.3 Å². The minimum atomic E-state index is -1.14. The standard InChI is InChI=1S/C19H19F3O2/c1-3-5-11-24-17-9-8-15(18(21)19(17)22)14-7-6-13(12-16(14)20)23-10-4-2/h4,6-9,12H,2-3,5,10-11H2,1H3. The van der Waals surface area contributed by atoms with Gasteiger partial charge in [-0.15, -0.1) is 0 Å². The van der Waals surface area contributed by atoms with Gasteiger partial charge in [0, 0.05) is 17.2 Å². The summed E-state index contributed by atoms with van der Waals surface area (Å²) < 4.78 is 53.0. The zero-order valence-corrected chi connectivity index (χ0v) is 13.5. The molecule has 0 amide bonds. The van der Waals surface area contributed by atoms with Crippen LogP contribution in [0.15, 0.2) is 43.0 Å². The van der Waals surface area contributed by atoms with Gasteiger partial charge in [0.1, 0.15) is 18.2 Å². The lowest BCUT2D eigenvalue weighted by molar-refractivity contribution is 0.289. The molecule has 0 unspecified atom stereocenters. The highest BCUT2D eigenvalue weighted by Crippen LogP contribution is 2.32. The van der Waals surface area contributed by atoms with Crippen molar-refractivity contribution in [2.45, 2.75) is 19.8 Å². The number of hydrogen-bond donors (Lipinski definition) is 0. The Morgan fingerprint density at radius 3 is 2.42 bits per heavy atom. The van der Waals surface area contributed by atoms with Gasteiger partial charge in [-0.2, -0.15) is 4.39 Å². The van der Waals surface area contributed by atoms with E-state index < -0.39 is 17.5 Å². The molecule has 2 rings (SSSR count). The lowest BCUT2D eigenvalue weighted by Gasteiger charge is -2.11. The molecule has 0 aliphatic rings. The highest BCUT2D eigenvalue weighted by Gasteiger charge is 2.18. The molecule has 0 bridgehead atoms. The highest BCUT2D eigenvalue weighted by molar-refractivity contribution is 5.66. The summed E-state index contributed by atoms with van der Waals surface area (Å²) in [6.07, 6.45) is 3.15. The third-order valence-electron chi connectivity index (χ3n) is 3.40. The molecule has 0 N–H and O–H groups in total. The van der Waals surface area contributed by atoms with Gasteiger partial charge in [-0.05, 0) is 30.7 Å². The Kier molecular flexibility index (Phi) is 6.29. The molecule has 0 spiro atoms. The fourth-order valence-electron chi connectivity index (χ4n) is 2.14. The first-order valence-corrected chi connectivity index (χ1v) is 7.72. The molecule has 0 aliphatic heterocycles. The summed E-state index contributed by atoms with van der Waals surface area (Å²) in [7, 11) is 0. The fraction of sp³-hybridized carbons (Fsp3) is 0.263. The molecule has 0 aromatic heterocycles. The average molecular weight is 336 g/mol. The first kappa shape index (κ1) is 17.9. The Morgan fingerprint density at radius 2 is 1.75 bits per heavy atom. The Morgan fingerprint density at radius 1 is 1.00 bits per heavy atom. The van der Waals surface area contributed by atoms with E-state index in [0.29, 0.717) is 6.61 Å². The van der Waals surface area contributed by atoms with Crippen LogP contribution in [0.4, 0.5) is 13.2 Å². The summed E-state index contributed by atoms with van der Waals surface area (Å²) in [4.78, 5) is 0. The maximum atomic E-state index is 14.3.